The number of hydrogen-bond acceptors (Lipinski definition) is 4. The first-order valence-electron chi connectivity index (χ1n) is 9.54. The average Bonchev–Trinajstić information content (AvgIpc) is 2.92. The minimum atomic E-state index is -2.97. The lowest BCUT2D eigenvalue weighted by atomic mass is 10.2. The van der Waals surface area contributed by atoms with Crippen molar-refractivity contribution in [2.75, 3.05) is 18.6 Å². The molecule has 0 fully saturated rings. The number of sulfone groups is 1. The molecule has 1 aromatic carbocycles. The van der Waals surface area contributed by atoms with Gasteiger partial charge < -0.3 is 10.6 Å². The van der Waals surface area contributed by atoms with Crippen molar-refractivity contribution in [2.45, 2.75) is 46.7 Å². The Morgan fingerprint density at radius 2 is 1.90 bits per heavy atom. The van der Waals surface area contributed by atoms with Crippen molar-refractivity contribution in [1.29, 1.82) is 0 Å². The van der Waals surface area contributed by atoms with E-state index in [0.717, 1.165) is 29.2 Å². The summed E-state index contributed by atoms with van der Waals surface area (Å²) in [6, 6.07) is 10.0. The van der Waals surface area contributed by atoms with Crippen LogP contribution in [0.1, 0.15) is 37.2 Å². The van der Waals surface area contributed by atoms with Gasteiger partial charge in [0.1, 0.15) is 9.84 Å². The second-order valence-corrected chi connectivity index (χ2v) is 9.32. The van der Waals surface area contributed by atoms with E-state index in [1.807, 2.05) is 62.7 Å². The molecule has 29 heavy (non-hydrogen) atoms. The number of nitrogens with one attached hydrogen (secondary N) is 2. The Balaban J connectivity index is 0.00000420. The molecule has 9 heteroatoms. The molecular formula is C20H32IN5O2S. The second-order valence-electron chi connectivity index (χ2n) is 7.06. The van der Waals surface area contributed by atoms with Crippen LogP contribution >= 0.6 is 24.0 Å². The lowest BCUT2D eigenvalue weighted by Gasteiger charge is -2.17. The summed E-state index contributed by atoms with van der Waals surface area (Å²) in [7, 11) is -2.97. The number of aryl methyl sites for hydroxylation is 1. The largest absolute Gasteiger partial charge is 0.357 e. The second kappa shape index (κ2) is 11.5. The van der Waals surface area contributed by atoms with Gasteiger partial charge in [0.05, 0.1) is 23.7 Å². The first kappa shape index (κ1) is 25.4. The predicted octanol–water partition coefficient (Wildman–Crippen LogP) is 2.99. The van der Waals surface area contributed by atoms with Crippen LogP contribution in [0.2, 0.25) is 0 Å². The molecule has 1 aromatic heterocycles. The molecule has 2 aromatic rings. The number of nitrogens with zero attached hydrogens (tertiary/aromatic N) is 3. The zero-order valence-corrected chi connectivity index (χ0v) is 20.9. The van der Waals surface area contributed by atoms with Crippen LogP contribution in [0.4, 0.5) is 0 Å². The Morgan fingerprint density at radius 1 is 1.24 bits per heavy atom. The SMILES string of the molecule is CCNC(=NCc1c(C)nn(-c2ccccc2)c1C)NC(C)CCS(C)(=O)=O.I. The van der Waals surface area contributed by atoms with E-state index in [1.54, 1.807) is 0 Å². The zero-order chi connectivity index (χ0) is 20.7. The quantitative estimate of drug-likeness (QED) is 0.310. The van der Waals surface area contributed by atoms with E-state index < -0.39 is 9.84 Å². The smallest absolute Gasteiger partial charge is 0.191 e. The summed E-state index contributed by atoms with van der Waals surface area (Å²) in [6.07, 6.45) is 1.79. The van der Waals surface area contributed by atoms with Crippen LogP contribution in [-0.4, -0.2) is 48.8 Å². The Kier molecular flexibility index (Phi) is 10.1. The number of rotatable bonds is 8. The highest BCUT2D eigenvalue weighted by Crippen LogP contribution is 2.18. The maximum absolute atomic E-state index is 11.4. The van der Waals surface area contributed by atoms with Crippen LogP contribution in [0, 0.1) is 13.8 Å². The minimum absolute atomic E-state index is 0. The van der Waals surface area contributed by atoms with Crippen molar-refractivity contribution in [3.8, 4) is 5.69 Å². The summed E-state index contributed by atoms with van der Waals surface area (Å²) in [5.74, 6) is 0.831. The molecule has 1 heterocycles. The molecular weight excluding hydrogens is 501 g/mol. The van der Waals surface area contributed by atoms with Gasteiger partial charge in [-0.15, -0.1) is 24.0 Å². The summed E-state index contributed by atoms with van der Waals surface area (Å²) in [5.41, 5.74) is 4.13. The molecule has 0 aliphatic carbocycles. The molecule has 162 valence electrons. The number of aromatic nitrogens is 2. The Labute approximate surface area is 191 Å². The van der Waals surface area contributed by atoms with Gasteiger partial charge in [-0.1, -0.05) is 18.2 Å². The van der Waals surface area contributed by atoms with Gasteiger partial charge in [-0.3, -0.25) is 0 Å². The standard InChI is InChI=1S/C20H31N5O2S.HI/c1-6-21-20(23-15(2)12-13-28(5,26)27)22-14-19-16(3)24-25(17(19)4)18-10-8-7-9-11-18;/h7-11,15H,6,12-14H2,1-5H3,(H2,21,22,23);1H. The fourth-order valence-electron chi connectivity index (χ4n) is 2.90. The van der Waals surface area contributed by atoms with Crippen molar-refractivity contribution in [1.82, 2.24) is 20.4 Å². The van der Waals surface area contributed by atoms with Crippen molar-refractivity contribution in [2.24, 2.45) is 4.99 Å². The average molecular weight is 533 g/mol. The molecule has 0 spiro atoms. The first-order chi connectivity index (χ1) is 13.2. The lowest BCUT2D eigenvalue weighted by molar-refractivity contribution is 0.581. The number of benzene rings is 1. The zero-order valence-electron chi connectivity index (χ0n) is 17.8. The topological polar surface area (TPSA) is 88.4 Å². The maximum Gasteiger partial charge on any atom is 0.191 e. The molecule has 1 atom stereocenters. The van der Waals surface area contributed by atoms with Crippen LogP contribution < -0.4 is 10.6 Å². The summed E-state index contributed by atoms with van der Waals surface area (Å²) in [4.78, 5) is 4.69. The van der Waals surface area contributed by atoms with Crippen LogP contribution in [0.5, 0.6) is 0 Å². The first-order valence-corrected chi connectivity index (χ1v) is 11.6. The van der Waals surface area contributed by atoms with Gasteiger partial charge in [0.2, 0.25) is 0 Å². The van der Waals surface area contributed by atoms with Crippen LogP contribution in [0.15, 0.2) is 35.3 Å². The van der Waals surface area contributed by atoms with Crippen LogP contribution in [0.25, 0.3) is 5.69 Å². The highest BCUT2D eigenvalue weighted by Gasteiger charge is 2.13. The summed E-state index contributed by atoms with van der Waals surface area (Å²) < 4.78 is 24.7. The third kappa shape index (κ3) is 7.96. The third-order valence-electron chi connectivity index (χ3n) is 4.49. The molecule has 0 amide bonds. The Bertz CT molecular complexity index is 910. The number of aliphatic imine (C=N–C) groups is 1. The van der Waals surface area contributed by atoms with Crippen molar-refractivity contribution < 1.29 is 8.42 Å². The predicted molar refractivity (Wildman–Crippen MR) is 130 cm³/mol. The van der Waals surface area contributed by atoms with E-state index in [0.29, 0.717) is 18.9 Å². The molecule has 0 saturated carbocycles. The molecule has 0 bridgehead atoms. The van der Waals surface area contributed by atoms with E-state index in [4.69, 9.17) is 0 Å². The monoisotopic (exact) mass is 533 g/mol. The van der Waals surface area contributed by atoms with Gasteiger partial charge in [0.25, 0.3) is 0 Å². The van der Waals surface area contributed by atoms with E-state index in [9.17, 15) is 8.42 Å². The van der Waals surface area contributed by atoms with Crippen molar-refractivity contribution in [3.05, 3.63) is 47.3 Å². The molecule has 2 N–H and O–H groups in total. The molecule has 0 saturated heterocycles. The fourth-order valence-corrected chi connectivity index (χ4v) is 3.68. The van der Waals surface area contributed by atoms with Crippen LogP contribution in [0.3, 0.4) is 0 Å². The summed E-state index contributed by atoms with van der Waals surface area (Å²) >= 11 is 0. The number of halogens is 1. The third-order valence-corrected chi connectivity index (χ3v) is 5.46. The number of guanidine groups is 1. The van der Waals surface area contributed by atoms with E-state index in [1.165, 1.54) is 6.26 Å². The van der Waals surface area contributed by atoms with Crippen molar-refractivity contribution >= 4 is 39.8 Å². The van der Waals surface area contributed by atoms with Crippen LogP contribution in [-0.2, 0) is 16.4 Å². The summed E-state index contributed by atoms with van der Waals surface area (Å²) in [5, 5.41) is 11.2. The molecule has 0 aliphatic rings. The van der Waals surface area contributed by atoms with Crippen molar-refractivity contribution in [3.63, 3.8) is 0 Å². The van der Waals surface area contributed by atoms with Gasteiger partial charge in [-0.05, 0) is 46.2 Å². The van der Waals surface area contributed by atoms with Gasteiger partial charge in [-0.25, -0.2) is 18.1 Å². The van der Waals surface area contributed by atoms with E-state index >= 15 is 0 Å². The fraction of sp³-hybridized carbons (Fsp3) is 0.500. The molecule has 7 nitrogen and oxygen atoms in total. The van der Waals surface area contributed by atoms with E-state index in [2.05, 4.69) is 20.7 Å². The molecule has 0 aliphatic heterocycles. The number of para-hydroxylation sites is 1. The molecule has 1 unspecified atom stereocenters. The number of hydrogen-bond donors (Lipinski definition) is 2. The Hall–Kier alpha value is -1.62. The highest BCUT2D eigenvalue weighted by molar-refractivity contribution is 14.0. The molecule has 0 radical (unpaired) electrons. The van der Waals surface area contributed by atoms with Gasteiger partial charge in [0, 0.05) is 30.1 Å². The van der Waals surface area contributed by atoms with Gasteiger partial charge in [0.15, 0.2) is 5.96 Å². The minimum Gasteiger partial charge on any atom is -0.357 e. The Morgan fingerprint density at radius 3 is 2.48 bits per heavy atom. The molecule has 2 rings (SSSR count). The summed E-state index contributed by atoms with van der Waals surface area (Å²) in [6.45, 7) is 9.23. The van der Waals surface area contributed by atoms with E-state index in [-0.39, 0.29) is 35.8 Å². The highest BCUT2D eigenvalue weighted by atomic mass is 127. The van der Waals surface area contributed by atoms with Gasteiger partial charge >= 0.3 is 0 Å². The normalized spacial score (nSPS) is 12.9. The van der Waals surface area contributed by atoms with Gasteiger partial charge in [-0.2, -0.15) is 5.10 Å². The maximum atomic E-state index is 11.4. The lowest BCUT2D eigenvalue weighted by Crippen LogP contribution is -2.42.